The summed E-state index contributed by atoms with van der Waals surface area (Å²) in [6, 6.07) is 13.2. The van der Waals surface area contributed by atoms with E-state index in [1.165, 1.54) is 0 Å². The van der Waals surface area contributed by atoms with Gasteiger partial charge in [0, 0.05) is 11.3 Å². The van der Waals surface area contributed by atoms with Gasteiger partial charge in [-0.05, 0) is 75.9 Å². The lowest BCUT2D eigenvalue weighted by atomic mass is 10.1. The fourth-order valence-electron chi connectivity index (χ4n) is 2.78. The largest absolute Gasteiger partial charge is 0.491 e. The molecule has 1 amide bonds. The van der Waals surface area contributed by atoms with Crippen LogP contribution in [-0.2, 0) is 0 Å². The molecule has 1 atom stereocenters. The van der Waals surface area contributed by atoms with Gasteiger partial charge >= 0.3 is 0 Å². The number of carbonyl (C=O) groups excluding carboxylic acids is 1. The van der Waals surface area contributed by atoms with Crippen LogP contribution in [-0.4, -0.2) is 17.0 Å². The Morgan fingerprint density at radius 1 is 1.17 bits per heavy atom. The molecule has 1 heterocycles. The molecule has 0 bridgehead atoms. The molecule has 1 aliphatic rings. The average molecular weight is 324 g/mol. The van der Waals surface area contributed by atoms with Crippen molar-refractivity contribution in [3.8, 4) is 5.75 Å². The molecule has 1 fully saturated rings. The Labute approximate surface area is 143 Å². The number of aromatic nitrogens is 1. The minimum absolute atomic E-state index is 0.0102. The van der Waals surface area contributed by atoms with Gasteiger partial charge in [-0.2, -0.15) is 0 Å². The van der Waals surface area contributed by atoms with E-state index in [1.54, 1.807) is 12.1 Å². The average Bonchev–Trinajstić information content (AvgIpc) is 3.37. The first-order valence-electron chi connectivity index (χ1n) is 8.54. The lowest BCUT2D eigenvalue weighted by Gasteiger charge is -2.18. The number of hydrogen-bond acceptors (Lipinski definition) is 3. The lowest BCUT2D eigenvalue weighted by molar-refractivity contribution is 0.0930. The summed E-state index contributed by atoms with van der Waals surface area (Å²) in [5.74, 6) is 1.21. The van der Waals surface area contributed by atoms with Crippen molar-refractivity contribution in [3.63, 3.8) is 0 Å². The SMILES string of the molecule is Cc1cccc(C(NC(=O)c2ccc(OC(C)C)cc2)C2CC2)n1. The molecule has 3 rings (SSSR count). The van der Waals surface area contributed by atoms with Crippen LogP contribution in [0.15, 0.2) is 42.5 Å². The van der Waals surface area contributed by atoms with Gasteiger partial charge in [-0.15, -0.1) is 0 Å². The van der Waals surface area contributed by atoms with Gasteiger partial charge in [0.05, 0.1) is 17.8 Å². The summed E-state index contributed by atoms with van der Waals surface area (Å²) in [6.07, 6.45) is 2.40. The van der Waals surface area contributed by atoms with E-state index in [0.29, 0.717) is 11.5 Å². The van der Waals surface area contributed by atoms with Crippen LogP contribution >= 0.6 is 0 Å². The maximum atomic E-state index is 12.6. The number of rotatable bonds is 6. The topological polar surface area (TPSA) is 51.2 Å². The fraction of sp³-hybridized carbons (Fsp3) is 0.400. The summed E-state index contributed by atoms with van der Waals surface area (Å²) in [5, 5.41) is 3.16. The van der Waals surface area contributed by atoms with Gasteiger partial charge in [0.1, 0.15) is 5.75 Å². The Morgan fingerprint density at radius 3 is 2.46 bits per heavy atom. The maximum Gasteiger partial charge on any atom is 0.251 e. The fourth-order valence-corrected chi connectivity index (χ4v) is 2.78. The molecule has 0 radical (unpaired) electrons. The van der Waals surface area contributed by atoms with Crippen molar-refractivity contribution in [1.82, 2.24) is 10.3 Å². The number of nitrogens with one attached hydrogen (secondary N) is 1. The summed E-state index contributed by atoms with van der Waals surface area (Å²) in [6.45, 7) is 5.94. The second-order valence-electron chi connectivity index (χ2n) is 6.68. The lowest BCUT2D eigenvalue weighted by Crippen LogP contribution is -2.30. The highest BCUT2D eigenvalue weighted by Gasteiger charge is 2.34. The van der Waals surface area contributed by atoms with Gasteiger partial charge in [0.25, 0.3) is 5.91 Å². The molecule has 1 aromatic heterocycles. The number of pyridine rings is 1. The minimum atomic E-state index is -0.0636. The van der Waals surface area contributed by atoms with Gasteiger partial charge in [0.15, 0.2) is 0 Å². The van der Waals surface area contributed by atoms with Gasteiger partial charge in [-0.1, -0.05) is 6.07 Å². The number of nitrogens with zero attached hydrogens (tertiary/aromatic N) is 1. The van der Waals surface area contributed by atoms with Gasteiger partial charge < -0.3 is 10.1 Å². The van der Waals surface area contributed by atoms with Crippen molar-refractivity contribution in [3.05, 3.63) is 59.4 Å². The summed E-state index contributed by atoms with van der Waals surface area (Å²) < 4.78 is 5.62. The molecule has 126 valence electrons. The van der Waals surface area contributed by atoms with Gasteiger partial charge in [-0.3, -0.25) is 9.78 Å². The minimum Gasteiger partial charge on any atom is -0.491 e. The predicted octanol–water partition coefficient (Wildman–Crippen LogP) is 4.06. The molecule has 1 unspecified atom stereocenters. The van der Waals surface area contributed by atoms with Crippen molar-refractivity contribution < 1.29 is 9.53 Å². The van der Waals surface area contributed by atoms with E-state index >= 15 is 0 Å². The first-order chi connectivity index (χ1) is 11.5. The molecule has 1 aromatic carbocycles. The van der Waals surface area contributed by atoms with Crippen molar-refractivity contribution in [2.45, 2.75) is 45.8 Å². The zero-order valence-electron chi connectivity index (χ0n) is 14.5. The third kappa shape index (κ3) is 4.13. The molecule has 0 aliphatic heterocycles. The molecule has 2 aromatic rings. The summed E-state index contributed by atoms with van der Waals surface area (Å²) in [4.78, 5) is 17.2. The zero-order valence-corrected chi connectivity index (χ0v) is 14.5. The molecule has 24 heavy (non-hydrogen) atoms. The zero-order chi connectivity index (χ0) is 17.1. The third-order valence-corrected chi connectivity index (χ3v) is 4.10. The summed E-state index contributed by atoms with van der Waals surface area (Å²) >= 11 is 0. The van der Waals surface area contributed by atoms with Crippen LogP contribution in [0, 0.1) is 12.8 Å². The molecule has 1 aliphatic carbocycles. The first-order valence-corrected chi connectivity index (χ1v) is 8.54. The molecule has 1 saturated carbocycles. The highest BCUT2D eigenvalue weighted by molar-refractivity contribution is 5.94. The Balaban J connectivity index is 1.72. The smallest absolute Gasteiger partial charge is 0.251 e. The second-order valence-corrected chi connectivity index (χ2v) is 6.68. The van der Waals surface area contributed by atoms with E-state index in [4.69, 9.17) is 4.74 Å². The Morgan fingerprint density at radius 2 is 1.88 bits per heavy atom. The normalized spacial score (nSPS) is 15.2. The van der Waals surface area contributed by atoms with Crippen molar-refractivity contribution in [2.24, 2.45) is 5.92 Å². The predicted molar refractivity (Wildman–Crippen MR) is 94.1 cm³/mol. The van der Waals surface area contributed by atoms with Gasteiger partial charge in [0.2, 0.25) is 0 Å². The number of amides is 1. The van der Waals surface area contributed by atoms with Crippen LogP contribution in [0.3, 0.4) is 0 Å². The Bertz CT molecular complexity index is 706. The monoisotopic (exact) mass is 324 g/mol. The number of carbonyl (C=O) groups is 1. The molecule has 0 spiro atoms. The van der Waals surface area contributed by atoms with Crippen LogP contribution in [0.4, 0.5) is 0 Å². The van der Waals surface area contributed by atoms with Crippen molar-refractivity contribution in [1.29, 1.82) is 0 Å². The van der Waals surface area contributed by atoms with Crippen LogP contribution < -0.4 is 10.1 Å². The molecular formula is C20H24N2O2. The summed E-state index contributed by atoms with van der Waals surface area (Å²) in [5.41, 5.74) is 2.57. The second kappa shape index (κ2) is 7.04. The van der Waals surface area contributed by atoms with Crippen LogP contribution in [0.2, 0.25) is 0 Å². The number of hydrogen-bond donors (Lipinski definition) is 1. The Kier molecular flexibility index (Phi) is 4.84. The van der Waals surface area contributed by atoms with E-state index in [1.807, 2.05) is 51.1 Å². The van der Waals surface area contributed by atoms with E-state index in [2.05, 4.69) is 10.3 Å². The van der Waals surface area contributed by atoms with Crippen LogP contribution in [0.25, 0.3) is 0 Å². The van der Waals surface area contributed by atoms with Crippen molar-refractivity contribution in [2.75, 3.05) is 0 Å². The van der Waals surface area contributed by atoms with E-state index in [-0.39, 0.29) is 18.1 Å². The van der Waals surface area contributed by atoms with E-state index in [0.717, 1.165) is 30.0 Å². The van der Waals surface area contributed by atoms with E-state index in [9.17, 15) is 4.79 Å². The molecule has 4 heteroatoms. The first kappa shape index (κ1) is 16.5. The highest BCUT2D eigenvalue weighted by atomic mass is 16.5. The van der Waals surface area contributed by atoms with Gasteiger partial charge in [-0.25, -0.2) is 0 Å². The number of aryl methyl sites for hydroxylation is 1. The molecular weight excluding hydrogens is 300 g/mol. The Hall–Kier alpha value is -2.36. The molecule has 1 N–H and O–H groups in total. The standard InChI is InChI=1S/C20H24N2O2/c1-13(2)24-17-11-9-16(10-12-17)20(23)22-19(15-7-8-15)18-6-4-5-14(3)21-18/h4-6,9-13,15,19H,7-8H2,1-3H3,(H,22,23). The van der Waals surface area contributed by atoms with E-state index < -0.39 is 0 Å². The number of ether oxygens (including phenoxy) is 1. The van der Waals surface area contributed by atoms with Crippen molar-refractivity contribution >= 4 is 5.91 Å². The maximum absolute atomic E-state index is 12.6. The highest BCUT2D eigenvalue weighted by Crippen LogP contribution is 2.40. The summed E-state index contributed by atoms with van der Waals surface area (Å²) in [7, 11) is 0. The molecule has 4 nitrogen and oxygen atoms in total. The van der Waals surface area contributed by atoms with Crippen LogP contribution in [0.5, 0.6) is 5.75 Å². The quantitative estimate of drug-likeness (QED) is 0.872. The van der Waals surface area contributed by atoms with Crippen LogP contribution in [0.1, 0.15) is 54.5 Å². The third-order valence-electron chi connectivity index (χ3n) is 4.10. The number of benzene rings is 1. The molecule has 0 saturated heterocycles.